The number of esters is 4. The van der Waals surface area contributed by atoms with Crippen molar-refractivity contribution >= 4 is 117 Å². The average molecular weight is 2170 g/mol. The van der Waals surface area contributed by atoms with Gasteiger partial charge in [-0.25, -0.2) is 30.1 Å². The SMILES string of the molecule is C.C.CN(C)c1cccc(C=O)c1OCc1ccccc1.CN(C)c1cccc(CO)c1OCc1ccccc1.COC(=O)c1cccc(N(C)C)c1OCc1ccccc1.COC(=O)c1cccc(N)c1OCc1ccccc1.COC(=O)c1cccc([N+](=O)[O-])c1F.COC(=O)c1cccc([N+](=O)[O-])c1OCc1ccccc1.C[N+](=O)[O-].Cl.N.NCC(=O)O.O=C(O)c1ccccc1I(=O)=O.OCc1ccccc1.[B].[H-].[Li+]. The molecule has 13 aromatic carbocycles. The van der Waals surface area contributed by atoms with E-state index in [4.69, 9.17) is 64.3 Å². The minimum absolute atomic E-state index is 0. The molecule has 0 aliphatic rings. The summed E-state index contributed by atoms with van der Waals surface area (Å²) in [6.07, 6.45) is 0.827. The van der Waals surface area contributed by atoms with Gasteiger partial charge in [0.15, 0.2) is 30.6 Å². The Balaban J connectivity index is -0.000000799. The van der Waals surface area contributed by atoms with E-state index in [-0.39, 0.29) is 115 Å². The fourth-order valence-corrected chi connectivity index (χ4v) is 13.1. The molecular weight excluding hydrogens is 2050 g/mol. The minimum atomic E-state index is -3.67. The molecule has 0 aromatic heterocycles. The summed E-state index contributed by atoms with van der Waals surface area (Å²) >= 11 is -3.67. The molecule has 148 heavy (non-hydrogen) atoms. The van der Waals surface area contributed by atoms with Crippen molar-refractivity contribution in [3.8, 4) is 28.7 Å². The number of carbonyl (C=O) groups is 7. The Morgan fingerprint density at radius 3 is 1.01 bits per heavy atom. The number of hydrogen-bond donors (Lipinski definition) is 7. The molecule has 785 valence electrons. The number of aliphatic hydroxyl groups excluding tert-OH is 2. The third-order valence-electron chi connectivity index (χ3n) is 18.5. The molecule has 0 saturated carbocycles. The molecule has 0 aliphatic heterocycles. The molecule has 0 bridgehead atoms. The van der Waals surface area contributed by atoms with Crippen LogP contribution in [0.3, 0.4) is 0 Å². The predicted octanol–water partition coefficient (Wildman–Crippen LogP) is 16.6. The summed E-state index contributed by atoms with van der Waals surface area (Å²) in [6.45, 7) is 1.66. The summed E-state index contributed by atoms with van der Waals surface area (Å²) in [5.41, 5.74) is 20.2. The number of aromatic carboxylic acids is 1. The molecule has 42 heteroatoms. The largest absolute Gasteiger partial charge is 1.00 e. The van der Waals surface area contributed by atoms with Crippen molar-refractivity contribution < 1.29 is 142 Å². The predicted molar refractivity (Wildman–Crippen MR) is 572 cm³/mol. The van der Waals surface area contributed by atoms with Gasteiger partial charge in [-0.05, 0) is 100 Å². The quantitative estimate of drug-likeness (QED) is 0.00321. The summed E-state index contributed by atoms with van der Waals surface area (Å²) in [7, 11) is 17.5. The number of hydrogen-bond acceptors (Lipinski definition) is 32. The molecule has 0 saturated heterocycles. The Labute approximate surface area is 887 Å². The number of anilines is 4. The Kier molecular flexibility index (Phi) is 69.4. The van der Waals surface area contributed by atoms with Crippen LogP contribution in [0.4, 0.5) is 38.5 Å². The van der Waals surface area contributed by atoms with Crippen LogP contribution in [0, 0.1) is 39.7 Å². The van der Waals surface area contributed by atoms with Crippen LogP contribution in [-0.2, 0) is 76.1 Å². The van der Waals surface area contributed by atoms with Gasteiger partial charge in [0.2, 0.25) is 11.6 Å². The van der Waals surface area contributed by atoms with Gasteiger partial charge in [-0.15, -0.1) is 12.4 Å². The monoisotopic (exact) mass is 2170 g/mol. The van der Waals surface area contributed by atoms with E-state index in [0.29, 0.717) is 66.1 Å². The third kappa shape index (κ3) is 48.0. The minimum Gasteiger partial charge on any atom is -1.00 e. The van der Waals surface area contributed by atoms with E-state index < -0.39 is 87.4 Å². The number of nitro groups is 3. The number of aliphatic carboxylic acids is 1. The number of nitrogens with two attached hydrogens (primary N) is 2. The second-order valence-electron chi connectivity index (χ2n) is 29.1. The van der Waals surface area contributed by atoms with Crippen LogP contribution in [-0.4, -0.2) is 170 Å². The van der Waals surface area contributed by atoms with Gasteiger partial charge < -0.3 is 96.8 Å². The first-order valence-electron chi connectivity index (χ1n) is 42.3. The van der Waals surface area contributed by atoms with E-state index in [0.717, 1.165) is 94.3 Å². The van der Waals surface area contributed by atoms with Gasteiger partial charge in [0.1, 0.15) is 61.0 Å². The number of benzene rings is 13. The molecule has 13 rings (SSSR count). The molecule has 13 aromatic rings. The molecule has 0 amide bonds. The number of carbonyl (C=O) groups excluding carboxylic acids is 5. The van der Waals surface area contributed by atoms with E-state index in [2.05, 4.69) is 15.2 Å². The van der Waals surface area contributed by atoms with Gasteiger partial charge >= 0.3 is 85.8 Å². The Bertz CT molecular complexity index is 6270. The Morgan fingerprint density at radius 1 is 0.399 bits per heavy atom. The van der Waals surface area contributed by atoms with E-state index in [1.165, 1.54) is 69.9 Å². The van der Waals surface area contributed by atoms with Crippen molar-refractivity contribution in [1.29, 1.82) is 0 Å². The molecular formula is C106H123BClFILiN9O28. The zero-order valence-electron chi connectivity index (χ0n) is 83.1. The molecule has 0 heterocycles. The van der Waals surface area contributed by atoms with Crippen LogP contribution in [0.15, 0.2) is 315 Å². The van der Waals surface area contributed by atoms with Crippen molar-refractivity contribution in [3.05, 3.63) is 428 Å². The second kappa shape index (κ2) is 75.5. The first kappa shape index (κ1) is 136. The summed E-state index contributed by atoms with van der Waals surface area (Å²) in [6, 6.07) is 92.9. The van der Waals surface area contributed by atoms with Gasteiger partial charge in [0, 0.05) is 73.3 Å². The standard InChI is InChI=1S/C17H19NO3.C16H19NO2.C16H17NO2.C15H13NO5.C15H15NO3.C8H6FNO4.C7H5IO4.C7H8O.C2H5NO2.CH3NO2.2CH4.B.ClH.Li.H3N.H/c1-18(2)15-11-7-10-14(17(19)20-3)16(15)21-12-13-8-5-4-6-9-13;2*1-17(2)15-10-6-9-14(11-18)16(15)19-12-13-7-4-3-5-8-13;1-20-15(17)12-8-5-9-13(16(18)19)14(12)21-10-11-6-3-2-4-7-11;1-18-15(17)12-8-5-9-13(16)14(12)19-10-11-6-3-2-4-7-11;1-14-8(11)5-3-2-4-6(7(5)9)10(12)13;9-7(10)5-3-1-2-4-6(5)8(11)12;8-6-7-4-2-1-3-5-7;3-1-2(4)5;1-2(3)4;;;;;;;/h4-11H,12H2,1-3H3;3-10,18H,11-12H2,1-2H3;3-11H,12H2,1-2H3;2-9H,10H2,1H3;2-9H,10,16H2,1H3;2-4H,1H3;1-4H,(H,9,10);1-5,8H,6H2;1,3H2,(H,4,5);1H3;2*1H4;;1H;;1H3;/q;;;;;;;;;;;;;;+1;;-1. The molecule has 3 radical (unpaired) electrons. The van der Waals surface area contributed by atoms with Crippen molar-refractivity contribution in [1.82, 2.24) is 6.15 Å². The number of aldehydes is 1. The van der Waals surface area contributed by atoms with E-state index in [9.17, 15) is 69.4 Å². The maximum absolute atomic E-state index is 13.2. The molecule has 0 spiro atoms. The average Bonchev–Trinajstić information content (AvgIpc) is 0.793. The van der Waals surface area contributed by atoms with Crippen LogP contribution in [0.1, 0.15) is 117 Å². The van der Waals surface area contributed by atoms with Crippen molar-refractivity contribution in [2.45, 2.75) is 61.1 Å². The molecule has 37 nitrogen and oxygen atoms in total. The van der Waals surface area contributed by atoms with E-state index in [1.54, 1.807) is 30.3 Å². The third-order valence-corrected chi connectivity index (χ3v) is 20.4. The van der Waals surface area contributed by atoms with Crippen LogP contribution in [0.2, 0.25) is 0 Å². The van der Waals surface area contributed by atoms with E-state index in [1.807, 2.05) is 281 Å². The zero-order chi connectivity index (χ0) is 105. The first-order valence-corrected chi connectivity index (χ1v) is 45.1. The second-order valence-corrected chi connectivity index (χ2v) is 31.5. The van der Waals surface area contributed by atoms with Gasteiger partial charge in [-0.1, -0.05) is 251 Å². The maximum atomic E-state index is 13.2. The summed E-state index contributed by atoms with van der Waals surface area (Å²) in [4.78, 5) is 111. The first-order chi connectivity index (χ1) is 68.1. The van der Waals surface area contributed by atoms with Gasteiger partial charge in [-0.3, -0.25) is 39.9 Å². The topological polar surface area (TPSA) is 544 Å². The van der Waals surface area contributed by atoms with Crippen LogP contribution >= 0.6 is 32.2 Å². The zero-order valence-corrected chi connectivity index (χ0v) is 85.1. The van der Waals surface area contributed by atoms with Crippen molar-refractivity contribution in [2.75, 3.05) is 105 Å². The summed E-state index contributed by atoms with van der Waals surface area (Å²) in [5, 5.41) is 64.3. The Hall–Kier alpha value is -16.2. The van der Waals surface area contributed by atoms with Crippen LogP contribution in [0.25, 0.3) is 0 Å². The number of aliphatic hydroxyl groups is 2. The molecule has 0 unspecified atom stereocenters. The number of halogens is 3. The van der Waals surface area contributed by atoms with Gasteiger partial charge in [0.05, 0.1) is 95.5 Å². The molecule has 0 aliphatic carbocycles. The number of nitrogen functional groups attached to an aromatic ring is 1. The van der Waals surface area contributed by atoms with E-state index >= 15 is 0 Å². The summed E-state index contributed by atoms with van der Waals surface area (Å²) < 4.78 is 81.5. The molecule has 11 N–H and O–H groups in total. The number of methoxy groups -OCH3 is 4. The number of ether oxygens (including phenoxy) is 9. The number of nitrogens with zero attached hydrogens (tertiary/aromatic N) is 6. The Morgan fingerprint density at radius 2 is 0.676 bits per heavy atom. The van der Waals surface area contributed by atoms with Crippen LogP contribution in [0.5, 0.6) is 28.7 Å². The van der Waals surface area contributed by atoms with Crippen molar-refractivity contribution in [3.63, 3.8) is 0 Å². The molecule has 0 fully saturated rings. The number of carboxylic acid groups (broad SMARTS) is 2. The van der Waals surface area contributed by atoms with Gasteiger partial charge in [-0.2, -0.15) is 4.39 Å². The fourth-order valence-electron chi connectivity index (χ4n) is 11.7. The number of carboxylic acids is 2. The number of nitro benzene ring substituents is 2. The summed E-state index contributed by atoms with van der Waals surface area (Å²) in [5.74, 6) is -3.64. The number of para-hydroxylation sites is 5. The molecule has 0 atom stereocenters. The number of rotatable bonds is 30. The van der Waals surface area contributed by atoms with Crippen LogP contribution < -0.4 is 74.9 Å². The fraction of sp³-hybridized carbons (Fsp3) is 0.198. The normalized spacial score (nSPS) is 9.35. The maximum Gasteiger partial charge on any atom is 1.00 e. The smallest absolute Gasteiger partial charge is 1.00 e. The van der Waals surface area contributed by atoms with Gasteiger partial charge in [0.25, 0.3) is 0 Å². The van der Waals surface area contributed by atoms with Crippen molar-refractivity contribution in [2.24, 2.45) is 5.73 Å².